The molecule has 0 aliphatic carbocycles. The third kappa shape index (κ3) is 2.60. The maximum absolute atomic E-state index is 12.9. The van der Waals surface area contributed by atoms with Gasteiger partial charge in [-0.1, -0.05) is 23.8 Å². The first kappa shape index (κ1) is 15.0. The molecule has 0 radical (unpaired) electrons. The second-order valence-electron chi connectivity index (χ2n) is 5.54. The van der Waals surface area contributed by atoms with Crippen LogP contribution in [0.5, 0.6) is 0 Å². The van der Waals surface area contributed by atoms with Gasteiger partial charge >= 0.3 is 0 Å². The molecule has 1 N–H and O–H groups in total. The molecule has 1 atom stereocenters. The molecule has 0 saturated carbocycles. The number of hydrogen-bond donors (Lipinski definition) is 1. The summed E-state index contributed by atoms with van der Waals surface area (Å²) in [6, 6.07) is 9.85. The number of aryl methyl sites for hydroxylation is 1. The summed E-state index contributed by atoms with van der Waals surface area (Å²) in [6.07, 6.45) is 2.97. The summed E-state index contributed by atoms with van der Waals surface area (Å²) in [5, 5.41) is 0. The fourth-order valence-electron chi connectivity index (χ4n) is 2.88. The van der Waals surface area contributed by atoms with Gasteiger partial charge in [0.2, 0.25) is 10.0 Å². The van der Waals surface area contributed by atoms with Crippen molar-refractivity contribution in [1.29, 1.82) is 0 Å². The molecule has 1 aliphatic heterocycles. The molecule has 0 unspecified atom stereocenters. The Morgan fingerprint density at radius 1 is 1.18 bits per heavy atom. The van der Waals surface area contributed by atoms with Crippen LogP contribution in [0.25, 0.3) is 0 Å². The van der Waals surface area contributed by atoms with Crippen molar-refractivity contribution < 1.29 is 8.42 Å². The van der Waals surface area contributed by atoms with Crippen molar-refractivity contribution in [3.05, 3.63) is 64.1 Å². The highest BCUT2D eigenvalue weighted by molar-refractivity contribution is 7.89. The van der Waals surface area contributed by atoms with E-state index >= 15 is 0 Å². The Bertz CT molecular complexity index is 825. The standard InChI is InChI=1S/C16H18N2O3S/c1-12-6-8-13(9-7-12)22(20,21)18-11-3-5-15(18)14-4-2-10-17-16(14)19/h2,4,6-10,15H,3,5,11H2,1H3,(H,17,19)/t15-/m0/s1. The van der Waals surface area contributed by atoms with Crippen molar-refractivity contribution in [3.63, 3.8) is 0 Å². The van der Waals surface area contributed by atoms with Crippen LogP contribution in [0.4, 0.5) is 0 Å². The topological polar surface area (TPSA) is 70.2 Å². The van der Waals surface area contributed by atoms with E-state index in [4.69, 9.17) is 0 Å². The van der Waals surface area contributed by atoms with E-state index in [1.165, 1.54) is 4.31 Å². The zero-order chi connectivity index (χ0) is 15.7. The lowest BCUT2D eigenvalue weighted by molar-refractivity contribution is 0.394. The molecule has 1 aromatic carbocycles. The quantitative estimate of drug-likeness (QED) is 0.943. The van der Waals surface area contributed by atoms with Gasteiger partial charge in [0, 0.05) is 18.3 Å². The number of aromatic amines is 1. The van der Waals surface area contributed by atoms with Crippen molar-refractivity contribution in [2.45, 2.75) is 30.7 Å². The highest BCUT2D eigenvalue weighted by Gasteiger charge is 2.37. The molecule has 1 aromatic heterocycles. The number of nitrogens with zero attached hydrogens (tertiary/aromatic N) is 1. The second-order valence-corrected chi connectivity index (χ2v) is 7.43. The average Bonchev–Trinajstić information content (AvgIpc) is 2.98. The summed E-state index contributed by atoms with van der Waals surface area (Å²) in [7, 11) is -3.59. The largest absolute Gasteiger partial charge is 0.329 e. The molecule has 0 bridgehead atoms. The molecule has 2 heterocycles. The number of sulfonamides is 1. The van der Waals surface area contributed by atoms with E-state index in [9.17, 15) is 13.2 Å². The zero-order valence-corrected chi connectivity index (χ0v) is 13.1. The van der Waals surface area contributed by atoms with E-state index in [1.54, 1.807) is 42.6 Å². The van der Waals surface area contributed by atoms with Crippen molar-refractivity contribution in [3.8, 4) is 0 Å². The minimum absolute atomic E-state index is 0.224. The number of benzene rings is 1. The Balaban J connectivity index is 2.01. The molecule has 6 heteroatoms. The van der Waals surface area contributed by atoms with E-state index in [0.717, 1.165) is 12.0 Å². The molecule has 1 saturated heterocycles. The zero-order valence-electron chi connectivity index (χ0n) is 12.3. The van der Waals surface area contributed by atoms with E-state index in [-0.39, 0.29) is 10.5 Å². The predicted octanol–water partition coefficient (Wildman–Crippen LogP) is 2.21. The fourth-order valence-corrected chi connectivity index (χ4v) is 4.56. The number of hydrogen-bond acceptors (Lipinski definition) is 3. The minimum atomic E-state index is -3.59. The summed E-state index contributed by atoms with van der Waals surface area (Å²) in [4.78, 5) is 14.9. The number of pyridine rings is 1. The fraction of sp³-hybridized carbons (Fsp3) is 0.312. The first-order valence-electron chi connectivity index (χ1n) is 7.26. The van der Waals surface area contributed by atoms with Gasteiger partial charge in [0.15, 0.2) is 0 Å². The van der Waals surface area contributed by atoms with Crippen LogP contribution in [0.3, 0.4) is 0 Å². The minimum Gasteiger partial charge on any atom is -0.329 e. The van der Waals surface area contributed by atoms with Gasteiger partial charge in [-0.3, -0.25) is 4.79 Å². The van der Waals surface area contributed by atoms with Gasteiger partial charge in [0.05, 0.1) is 10.9 Å². The molecular formula is C16H18N2O3S. The number of aromatic nitrogens is 1. The van der Waals surface area contributed by atoms with Gasteiger partial charge in [0.1, 0.15) is 0 Å². The van der Waals surface area contributed by atoms with Gasteiger partial charge in [-0.05, 0) is 38.0 Å². The van der Waals surface area contributed by atoms with Crippen LogP contribution >= 0.6 is 0 Å². The lowest BCUT2D eigenvalue weighted by Gasteiger charge is -2.23. The molecule has 0 spiro atoms. The highest BCUT2D eigenvalue weighted by atomic mass is 32.2. The Morgan fingerprint density at radius 3 is 2.59 bits per heavy atom. The number of nitrogens with one attached hydrogen (secondary N) is 1. The predicted molar refractivity (Wildman–Crippen MR) is 84.1 cm³/mol. The normalized spacial score (nSPS) is 19.4. The van der Waals surface area contributed by atoms with Crippen LogP contribution in [0.2, 0.25) is 0 Å². The third-order valence-electron chi connectivity index (χ3n) is 4.04. The van der Waals surface area contributed by atoms with Crippen LogP contribution in [-0.4, -0.2) is 24.3 Å². The Morgan fingerprint density at radius 2 is 1.91 bits per heavy atom. The molecule has 1 aliphatic rings. The number of H-pyrrole nitrogens is 1. The summed E-state index contributed by atoms with van der Waals surface area (Å²) < 4.78 is 27.2. The second kappa shape index (κ2) is 5.70. The van der Waals surface area contributed by atoms with Crippen LogP contribution < -0.4 is 5.56 Å². The molecule has 116 valence electrons. The molecular weight excluding hydrogens is 300 g/mol. The molecule has 0 amide bonds. The van der Waals surface area contributed by atoms with E-state index in [0.29, 0.717) is 18.5 Å². The third-order valence-corrected chi connectivity index (χ3v) is 5.96. The Hall–Kier alpha value is -1.92. The monoisotopic (exact) mass is 318 g/mol. The average molecular weight is 318 g/mol. The highest BCUT2D eigenvalue weighted by Crippen LogP contribution is 2.35. The maximum Gasteiger partial charge on any atom is 0.252 e. The Kier molecular flexibility index (Phi) is 3.88. The lowest BCUT2D eigenvalue weighted by atomic mass is 10.1. The molecule has 22 heavy (non-hydrogen) atoms. The van der Waals surface area contributed by atoms with Gasteiger partial charge in [0.25, 0.3) is 5.56 Å². The summed E-state index contributed by atoms with van der Waals surface area (Å²) >= 11 is 0. The van der Waals surface area contributed by atoms with E-state index < -0.39 is 16.1 Å². The molecule has 3 rings (SSSR count). The first-order chi connectivity index (χ1) is 10.5. The summed E-state index contributed by atoms with van der Waals surface area (Å²) in [5.41, 5.74) is 1.30. The number of rotatable bonds is 3. The van der Waals surface area contributed by atoms with E-state index in [1.807, 2.05) is 6.92 Å². The van der Waals surface area contributed by atoms with E-state index in [2.05, 4.69) is 4.98 Å². The van der Waals surface area contributed by atoms with Crippen molar-refractivity contribution in [1.82, 2.24) is 9.29 Å². The van der Waals surface area contributed by atoms with Crippen LogP contribution in [0.15, 0.2) is 52.3 Å². The molecule has 1 fully saturated rings. The first-order valence-corrected chi connectivity index (χ1v) is 8.70. The van der Waals surface area contributed by atoms with Crippen LogP contribution in [0.1, 0.15) is 30.0 Å². The smallest absolute Gasteiger partial charge is 0.252 e. The maximum atomic E-state index is 12.9. The van der Waals surface area contributed by atoms with Crippen molar-refractivity contribution in [2.75, 3.05) is 6.54 Å². The Labute approximate surface area is 129 Å². The summed E-state index contributed by atoms with van der Waals surface area (Å²) in [6.45, 7) is 2.35. The van der Waals surface area contributed by atoms with Crippen molar-refractivity contribution >= 4 is 10.0 Å². The van der Waals surface area contributed by atoms with Gasteiger partial charge in [-0.25, -0.2) is 8.42 Å². The van der Waals surface area contributed by atoms with Gasteiger partial charge < -0.3 is 4.98 Å². The molecule has 2 aromatic rings. The SMILES string of the molecule is Cc1ccc(S(=O)(=O)N2CCC[C@H]2c2ccc[nH]c2=O)cc1. The van der Waals surface area contributed by atoms with Crippen LogP contribution in [-0.2, 0) is 10.0 Å². The van der Waals surface area contributed by atoms with Crippen LogP contribution in [0, 0.1) is 6.92 Å². The molecule has 5 nitrogen and oxygen atoms in total. The van der Waals surface area contributed by atoms with Gasteiger partial charge in [-0.2, -0.15) is 4.31 Å². The summed E-state index contributed by atoms with van der Waals surface area (Å²) in [5.74, 6) is 0. The van der Waals surface area contributed by atoms with Gasteiger partial charge in [-0.15, -0.1) is 0 Å². The lowest BCUT2D eigenvalue weighted by Crippen LogP contribution is -2.33. The van der Waals surface area contributed by atoms with Crippen molar-refractivity contribution in [2.24, 2.45) is 0 Å².